The van der Waals surface area contributed by atoms with Crippen molar-refractivity contribution < 1.29 is 4.74 Å². The van der Waals surface area contributed by atoms with E-state index in [1.165, 1.54) is 32.2 Å². The minimum absolute atomic E-state index is 0.242. The normalized spacial score (nSPS) is 34.0. The first kappa shape index (κ1) is 11.4. The number of morpholine rings is 1. The van der Waals surface area contributed by atoms with Crippen LogP contribution in [-0.2, 0) is 4.74 Å². The molecule has 0 aromatic heterocycles. The highest BCUT2D eigenvalue weighted by Crippen LogP contribution is 2.24. The lowest BCUT2D eigenvalue weighted by atomic mass is 10.0. The van der Waals surface area contributed by atoms with E-state index in [-0.39, 0.29) is 12.1 Å². The van der Waals surface area contributed by atoms with E-state index in [1.54, 1.807) is 0 Å². The van der Waals surface area contributed by atoms with Gasteiger partial charge in [0.25, 0.3) is 0 Å². The Hall–Kier alpha value is -0.120. The van der Waals surface area contributed by atoms with E-state index in [1.807, 2.05) is 0 Å². The van der Waals surface area contributed by atoms with Gasteiger partial charge in [-0.05, 0) is 25.8 Å². The van der Waals surface area contributed by atoms with Gasteiger partial charge in [-0.3, -0.25) is 4.90 Å². The molecule has 0 saturated carbocycles. The quantitative estimate of drug-likeness (QED) is 0.765. The Labute approximate surface area is 93.0 Å². The predicted octanol–water partition coefficient (Wildman–Crippen LogP) is 1.37. The maximum atomic E-state index is 6.17. The smallest absolute Gasteiger partial charge is 0.0853 e. The first-order valence-electron chi connectivity index (χ1n) is 6.42. The third kappa shape index (κ3) is 2.71. The van der Waals surface area contributed by atoms with Crippen molar-refractivity contribution in [3.63, 3.8) is 0 Å². The van der Waals surface area contributed by atoms with Gasteiger partial charge in [-0.2, -0.15) is 0 Å². The van der Waals surface area contributed by atoms with Crippen LogP contribution in [0.5, 0.6) is 0 Å². The average molecular weight is 212 g/mol. The molecule has 0 aromatic carbocycles. The van der Waals surface area contributed by atoms with Crippen LogP contribution in [0, 0.1) is 0 Å². The summed E-state index contributed by atoms with van der Waals surface area (Å²) < 4.78 is 5.88. The van der Waals surface area contributed by atoms with Gasteiger partial charge < -0.3 is 10.5 Å². The minimum Gasteiger partial charge on any atom is -0.374 e. The van der Waals surface area contributed by atoms with E-state index >= 15 is 0 Å². The number of ether oxygens (including phenoxy) is 1. The molecule has 2 heterocycles. The molecule has 0 spiro atoms. The first-order chi connectivity index (χ1) is 7.31. The molecular formula is C12H24N2O. The van der Waals surface area contributed by atoms with Crippen molar-refractivity contribution in [2.45, 2.75) is 57.2 Å². The van der Waals surface area contributed by atoms with Crippen LogP contribution in [0.1, 0.15) is 39.0 Å². The summed E-state index contributed by atoms with van der Waals surface area (Å²) in [6.07, 6.45) is 6.50. The van der Waals surface area contributed by atoms with Gasteiger partial charge in [-0.15, -0.1) is 0 Å². The Morgan fingerprint density at radius 1 is 1.53 bits per heavy atom. The molecule has 0 radical (unpaired) electrons. The summed E-state index contributed by atoms with van der Waals surface area (Å²) in [5.41, 5.74) is 6.17. The summed E-state index contributed by atoms with van der Waals surface area (Å²) >= 11 is 0. The molecule has 3 unspecified atom stereocenters. The van der Waals surface area contributed by atoms with Crippen LogP contribution < -0.4 is 5.73 Å². The monoisotopic (exact) mass is 212 g/mol. The van der Waals surface area contributed by atoms with Crippen LogP contribution in [0.2, 0.25) is 0 Å². The van der Waals surface area contributed by atoms with Crippen LogP contribution in [0.3, 0.4) is 0 Å². The largest absolute Gasteiger partial charge is 0.374 e. The zero-order chi connectivity index (χ0) is 10.7. The number of nitrogens with two attached hydrogens (primary N) is 1. The summed E-state index contributed by atoms with van der Waals surface area (Å²) in [5.74, 6) is 0. The fraction of sp³-hybridized carbons (Fsp3) is 1.00. The van der Waals surface area contributed by atoms with E-state index in [9.17, 15) is 0 Å². The van der Waals surface area contributed by atoms with Gasteiger partial charge in [0.2, 0.25) is 0 Å². The molecule has 2 fully saturated rings. The summed E-state index contributed by atoms with van der Waals surface area (Å²) in [5, 5.41) is 0. The molecule has 2 rings (SSSR count). The number of unbranched alkanes of at least 4 members (excludes halogenated alkanes) is 1. The van der Waals surface area contributed by atoms with E-state index in [0.717, 1.165) is 19.6 Å². The van der Waals surface area contributed by atoms with Crippen molar-refractivity contribution in [2.24, 2.45) is 5.73 Å². The van der Waals surface area contributed by atoms with E-state index < -0.39 is 0 Å². The number of hydrogen-bond donors (Lipinski definition) is 1. The maximum Gasteiger partial charge on any atom is 0.0853 e. The van der Waals surface area contributed by atoms with E-state index in [2.05, 4.69) is 11.8 Å². The van der Waals surface area contributed by atoms with Crippen LogP contribution in [-0.4, -0.2) is 42.8 Å². The lowest BCUT2D eigenvalue weighted by molar-refractivity contribution is -0.0602. The van der Waals surface area contributed by atoms with Crippen molar-refractivity contribution in [2.75, 3.05) is 19.7 Å². The second-order valence-corrected chi connectivity index (χ2v) is 4.97. The zero-order valence-corrected chi connectivity index (χ0v) is 9.82. The topological polar surface area (TPSA) is 38.5 Å². The van der Waals surface area contributed by atoms with Crippen molar-refractivity contribution in [1.29, 1.82) is 0 Å². The molecule has 0 aromatic rings. The third-order valence-electron chi connectivity index (χ3n) is 3.78. The zero-order valence-electron chi connectivity index (χ0n) is 9.82. The van der Waals surface area contributed by atoms with Crippen LogP contribution >= 0.6 is 0 Å². The summed E-state index contributed by atoms with van der Waals surface area (Å²) in [6, 6.07) is 0.936. The Kier molecular flexibility index (Phi) is 4.00. The number of nitrogens with zero attached hydrogens (tertiary/aromatic N) is 1. The van der Waals surface area contributed by atoms with E-state index in [4.69, 9.17) is 10.5 Å². The Bertz CT molecular complexity index is 198. The fourth-order valence-electron chi connectivity index (χ4n) is 2.73. The van der Waals surface area contributed by atoms with Crippen LogP contribution in [0.4, 0.5) is 0 Å². The molecular weight excluding hydrogens is 188 g/mol. The summed E-state index contributed by atoms with van der Waals surface area (Å²) in [7, 11) is 0. The van der Waals surface area contributed by atoms with Gasteiger partial charge in [0.1, 0.15) is 0 Å². The van der Waals surface area contributed by atoms with Crippen molar-refractivity contribution in [3.05, 3.63) is 0 Å². The standard InChI is InChI=1S/C12H24N2O/c1-2-3-6-11(13)12-8-14-7-4-5-10(14)9-15-12/h10-12H,2-9,13H2,1H3. The molecule has 3 atom stereocenters. The Morgan fingerprint density at radius 3 is 3.20 bits per heavy atom. The second kappa shape index (κ2) is 5.28. The minimum atomic E-state index is 0.242. The van der Waals surface area contributed by atoms with Gasteiger partial charge >= 0.3 is 0 Å². The molecule has 2 aliphatic rings. The second-order valence-electron chi connectivity index (χ2n) is 4.97. The SMILES string of the molecule is CCCCC(N)C1CN2CCCC2CO1. The summed E-state index contributed by atoms with van der Waals surface area (Å²) in [6.45, 7) is 5.44. The van der Waals surface area contributed by atoms with Gasteiger partial charge in [-0.25, -0.2) is 0 Å². The molecule has 0 aliphatic carbocycles. The average Bonchev–Trinajstić information content (AvgIpc) is 2.72. The molecule has 0 amide bonds. The van der Waals surface area contributed by atoms with Crippen molar-refractivity contribution in [3.8, 4) is 0 Å². The lowest BCUT2D eigenvalue weighted by Crippen LogP contribution is -2.52. The molecule has 88 valence electrons. The highest BCUT2D eigenvalue weighted by molar-refractivity contribution is 4.88. The Morgan fingerprint density at radius 2 is 2.40 bits per heavy atom. The van der Waals surface area contributed by atoms with Crippen molar-refractivity contribution >= 4 is 0 Å². The van der Waals surface area contributed by atoms with Gasteiger partial charge in [-0.1, -0.05) is 19.8 Å². The number of rotatable bonds is 4. The number of hydrogen-bond acceptors (Lipinski definition) is 3. The van der Waals surface area contributed by atoms with Gasteiger partial charge in [0.15, 0.2) is 0 Å². The fourth-order valence-corrected chi connectivity index (χ4v) is 2.73. The first-order valence-corrected chi connectivity index (χ1v) is 6.42. The van der Waals surface area contributed by atoms with Gasteiger partial charge in [0, 0.05) is 18.6 Å². The van der Waals surface area contributed by atoms with Crippen LogP contribution in [0.25, 0.3) is 0 Å². The molecule has 2 saturated heterocycles. The Balaban J connectivity index is 1.78. The lowest BCUT2D eigenvalue weighted by Gasteiger charge is -2.37. The highest BCUT2D eigenvalue weighted by atomic mass is 16.5. The molecule has 2 N–H and O–H groups in total. The maximum absolute atomic E-state index is 6.17. The van der Waals surface area contributed by atoms with Gasteiger partial charge in [0.05, 0.1) is 12.7 Å². The molecule has 3 heteroatoms. The number of fused-ring (bicyclic) bond motifs is 1. The molecule has 3 nitrogen and oxygen atoms in total. The summed E-state index contributed by atoms with van der Waals surface area (Å²) in [4.78, 5) is 2.57. The van der Waals surface area contributed by atoms with Crippen LogP contribution in [0.15, 0.2) is 0 Å². The molecule has 0 bridgehead atoms. The highest BCUT2D eigenvalue weighted by Gasteiger charge is 2.34. The molecule has 2 aliphatic heterocycles. The third-order valence-corrected chi connectivity index (χ3v) is 3.78. The van der Waals surface area contributed by atoms with E-state index in [0.29, 0.717) is 6.04 Å². The predicted molar refractivity (Wildman–Crippen MR) is 61.8 cm³/mol. The molecule has 15 heavy (non-hydrogen) atoms. The van der Waals surface area contributed by atoms with Crippen molar-refractivity contribution in [1.82, 2.24) is 4.90 Å².